The summed E-state index contributed by atoms with van der Waals surface area (Å²) in [5.41, 5.74) is 5.40. The van der Waals surface area contributed by atoms with E-state index >= 15 is 0 Å². The van der Waals surface area contributed by atoms with Crippen molar-refractivity contribution in [2.75, 3.05) is 38.5 Å². The molecule has 24 heteroatoms. The number of hydroxylamine groups is 2. The van der Waals surface area contributed by atoms with Crippen LogP contribution in [-0.4, -0.2) is 141 Å². The summed E-state index contributed by atoms with van der Waals surface area (Å²) >= 11 is 0.299. The fraction of sp³-hybridized carbons (Fsp3) is 0.632. The fourth-order valence-electron chi connectivity index (χ4n) is 6.06. The lowest BCUT2D eigenvalue weighted by atomic mass is 10.0. The number of aliphatic carboxylic acids is 1. The molecule has 0 aromatic heterocycles. The molecule has 23 nitrogen and oxygen atoms in total. The number of amides is 8. The van der Waals surface area contributed by atoms with Crippen LogP contribution < -0.4 is 48.3 Å². The topological polar surface area (TPSA) is 352 Å². The van der Waals surface area contributed by atoms with E-state index in [2.05, 4.69) is 47.5 Å². The monoisotopic (exact) mass is 895 g/mol. The SMILES string of the molecule is C/C=C1\NC(=O)C2CSC(C(=O)O)(N=C(N)N(O)CCCCCCCCCCC(=O)NCC(=O)N2)C(CO)NC(=O)CNC(=O)/C(=C/C)NC(=O)[C@H](C(C)C)NC(=O)CNC1=O. The number of allylic oxidation sites excluding steroid dienone is 2. The molecule has 2 bridgehead atoms. The highest BCUT2D eigenvalue weighted by atomic mass is 32.2. The smallest absolute Gasteiger partial charge is 0.344 e. The summed E-state index contributed by atoms with van der Waals surface area (Å²) in [4.78, 5) is 120. The number of carboxylic acid groups (broad SMARTS) is 1. The van der Waals surface area contributed by atoms with Gasteiger partial charge in [-0.3, -0.25) is 43.6 Å². The van der Waals surface area contributed by atoms with Gasteiger partial charge in [-0.15, -0.1) is 11.8 Å². The highest BCUT2D eigenvalue weighted by molar-refractivity contribution is 8.01. The average molecular weight is 896 g/mol. The average Bonchev–Trinajstić information content (AvgIpc) is 3.23. The van der Waals surface area contributed by atoms with Gasteiger partial charge in [0.2, 0.25) is 46.3 Å². The van der Waals surface area contributed by atoms with Gasteiger partial charge in [0, 0.05) is 18.7 Å². The number of nitrogens with one attached hydrogen (secondary N) is 8. The number of nitrogens with two attached hydrogens (primary N) is 1. The Morgan fingerprint density at radius 1 is 0.774 bits per heavy atom. The summed E-state index contributed by atoms with van der Waals surface area (Å²) in [7, 11) is 0. The molecule has 1 saturated heterocycles. The number of guanidine groups is 1. The second-order valence-electron chi connectivity index (χ2n) is 14.7. The second kappa shape index (κ2) is 26.6. The highest BCUT2D eigenvalue weighted by Crippen LogP contribution is 2.33. The van der Waals surface area contributed by atoms with Gasteiger partial charge in [-0.2, -0.15) is 0 Å². The number of aliphatic hydroxyl groups excluding tert-OH is 1. The van der Waals surface area contributed by atoms with Gasteiger partial charge in [0.1, 0.15) is 23.5 Å². The number of carboxylic acids is 1. The van der Waals surface area contributed by atoms with Gasteiger partial charge in [-0.05, 0) is 32.6 Å². The summed E-state index contributed by atoms with van der Waals surface area (Å²) < 4.78 is 0. The number of aliphatic hydroxyl groups is 1. The van der Waals surface area contributed by atoms with Crippen molar-refractivity contribution in [3.63, 3.8) is 0 Å². The van der Waals surface area contributed by atoms with Crippen molar-refractivity contribution in [3.8, 4) is 0 Å². The maximum atomic E-state index is 13.9. The minimum absolute atomic E-state index is 0.0916. The number of carbonyl (C=O) groups is 9. The third-order valence-electron chi connectivity index (χ3n) is 9.60. The first-order valence-electron chi connectivity index (χ1n) is 20.3. The van der Waals surface area contributed by atoms with Crippen LogP contribution in [0.2, 0.25) is 0 Å². The Hall–Kier alpha value is -5.75. The van der Waals surface area contributed by atoms with Crippen molar-refractivity contribution < 1.29 is 58.6 Å². The van der Waals surface area contributed by atoms with Crippen LogP contribution in [0.15, 0.2) is 28.5 Å². The molecule has 0 spiro atoms. The summed E-state index contributed by atoms with van der Waals surface area (Å²) in [5.74, 6) is -10.9. The molecule has 1 fully saturated rings. The lowest BCUT2D eigenvalue weighted by Gasteiger charge is -2.34. The quantitative estimate of drug-likeness (QED) is 0.131. The third-order valence-corrected chi connectivity index (χ3v) is 11.1. The van der Waals surface area contributed by atoms with E-state index in [0.29, 0.717) is 36.1 Å². The van der Waals surface area contributed by atoms with E-state index in [1.807, 2.05) is 0 Å². The van der Waals surface area contributed by atoms with Gasteiger partial charge in [-0.1, -0.05) is 64.5 Å². The molecule has 62 heavy (non-hydrogen) atoms. The molecule has 8 amide bonds. The molecular weight excluding hydrogens is 835 g/mol. The third kappa shape index (κ3) is 17.0. The van der Waals surface area contributed by atoms with E-state index in [0.717, 1.165) is 32.1 Å². The Labute approximate surface area is 363 Å². The number of carbonyl (C=O) groups excluding carboxylic acids is 8. The molecule has 3 unspecified atom stereocenters. The number of thioether (sulfide) groups is 1. The number of hydrogen-bond donors (Lipinski definition) is 12. The summed E-state index contributed by atoms with van der Waals surface area (Å²) in [6.45, 7) is 2.64. The molecule has 0 radical (unpaired) electrons. The molecule has 2 aliphatic rings. The largest absolute Gasteiger partial charge is 0.479 e. The lowest BCUT2D eigenvalue weighted by Crippen LogP contribution is -2.60. The van der Waals surface area contributed by atoms with E-state index in [9.17, 15) is 58.6 Å². The number of rotatable bonds is 3. The molecule has 0 aromatic carbocycles. The number of aliphatic imine (C=N–C) groups is 1. The zero-order chi connectivity index (χ0) is 46.4. The maximum absolute atomic E-state index is 13.9. The molecule has 4 atom stereocenters. The summed E-state index contributed by atoms with van der Waals surface area (Å²) in [6.07, 6.45) is 8.41. The minimum atomic E-state index is -2.77. The van der Waals surface area contributed by atoms with Crippen molar-refractivity contribution in [1.29, 1.82) is 0 Å². The van der Waals surface area contributed by atoms with Gasteiger partial charge in [0.15, 0.2) is 0 Å². The summed E-state index contributed by atoms with van der Waals surface area (Å²) in [5, 5.41) is 51.7. The molecule has 0 saturated carbocycles. The molecule has 0 aliphatic carbocycles. The molecule has 2 aliphatic heterocycles. The van der Waals surface area contributed by atoms with Gasteiger partial charge >= 0.3 is 5.97 Å². The van der Waals surface area contributed by atoms with Crippen molar-refractivity contribution >= 4 is 70.9 Å². The van der Waals surface area contributed by atoms with Crippen LogP contribution in [0.3, 0.4) is 0 Å². The first-order chi connectivity index (χ1) is 29.4. The van der Waals surface area contributed by atoms with Gasteiger partial charge in [0.05, 0.1) is 32.3 Å². The Morgan fingerprint density at radius 3 is 1.81 bits per heavy atom. The summed E-state index contributed by atoms with van der Waals surface area (Å²) in [6, 6.07) is -4.86. The normalized spacial score (nSPS) is 26.7. The first-order valence-corrected chi connectivity index (χ1v) is 21.3. The van der Waals surface area contributed by atoms with Crippen LogP contribution in [-0.2, 0) is 43.2 Å². The number of nitrogens with zero attached hydrogens (tertiary/aromatic N) is 2. The number of fused-ring (bicyclic) bond motifs is 3. The van der Waals surface area contributed by atoms with Crippen molar-refractivity contribution in [2.24, 2.45) is 16.6 Å². The fourth-order valence-corrected chi connectivity index (χ4v) is 7.33. The predicted octanol–water partition coefficient (Wildman–Crippen LogP) is -2.46. The van der Waals surface area contributed by atoms with E-state index in [1.54, 1.807) is 13.8 Å². The van der Waals surface area contributed by atoms with Crippen LogP contribution in [0.25, 0.3) is 0 Å². The Morgan fingerprint density at radius 2 is 1.27 bits per heavy atom. The number of hydrogen-bond acceptors (Lipinski definition) is 15. The van der Waals surface area contributed by atoms with E-state index in [1.165, 1.54) is 26.0 Å². The van der Waals surface area contributed by atoms with E-state index in [4.69, 9.17) is 5.73 Å². The van der Waals surface area contributed by atoms with Crippen molar-refractivity contribution in [3.05, 3.63) is 23.5 Å². The van der Waals surface area contributed by atoms with Gasteiger partial charge in [0.25, 0.3) is 11.8 Å². The zero-order valence-corrected chi connectivity index (χ0v) is 36.3. The Balaban J connectivity index is 2.73. The van der Waals surface area contributed by atoms with Gasteiger partial charge in [-0.25, -0.2) is 14.9 Å². The molecule has 2 rings (SSSR count). The predicted molar refractivity (Wildman–Crippen MR) is 225 cm³/mol. The molecule has 13 N–H and O–H groups in total. The zero-order valence-electron chi connectivity index (χ0n) is 35.5. The van der Waals surface area contributed by atoms with Crippen LogP contribution in [0.1, 0.15) is 85.5 Å². The maximum Gasteiger partial charge on any atom is 0.344 e. The molecule has 0 aromatic rings. The van der Waals surface area contributed by atoms with Crippen LogP contribution in [0.4, 0.5) is 0 Å². The van der Waals surface area contributed by atoms with Crippen LogP contribution in [0.5, 0.6) is 0 Å². The molecule has 346 valence electrons. The first kappa shape index (κ1) is 52.4. The lowest BCUT2D eigenvalue weighted by molar-refractivity contribution is -0.141. The van der Waals surface area contributed by atoms with E-state index in [-0.39, 0.29) is 18.7 Å². The van der Waals surface area contributed by atoms with Crippen LogP contribution >= 0.6 is 11.8 Å². The van der Waals surface area contributed by atoms with E-state index < -0.39 is 126 Å². The molecule has 2 heterocycles. The minimum Gasteiger partial charge on any atom is -0.479 e. The highest BCUT2D eigenvalue weighted by Gasteiger charge is 2.49. The van der Waals surface area contributed by atoms with Crippen molar-refractivity contribution in [1.82, 2.24) is 47.6 Å². The standard InChI is InChI=1S/C38H61N11O12S/c1-5-23-32(55)42-19-30(54)47-31(22(3)4)35(58)45-24(6-2)33(56)41-18-29(53)46-26(20-50)38(36(59)60)48-37(39)49(61)16-14-12-10-8-7-9-11-13-15-27(51)40-17-28(52)43-25(21-62-38)34(57)44-23/h5-6,22,25-26,31,50,61H,7-21H2,1-4H3,(H2,39,48)(H,40,51)(H,41,56)(H,42,55)(H,43,52)(H,44,57)(H,45,58)(H,46,53)(H,47,54)(H,59,60)/b23-5-,24-6-/t25?,26?,31-,38?/m0/s1. The Kier molecular flexibility index (Phi) is 22.4. The van der Waals surface area contributed by atoms with Crippen LogP contribution in [0, 0.1) is 5.92 Å². The Bertz CT molecular complexity index is 1740. The van der Waals surface area contributed by atoms with Crippen molar-refractivity contribution in [2.45, 2.75) is 108 Å². The second-order valence-corrected chi connectivity index (χ2v) is 16.0. The molecular formula is C38H61N11O12S. The van der Waals surface area contributed by atoms with Gasteiger partial charge < -0.3 is 58.5 Å².